The summed E-state index contributed by atoms with van der Waals surface area (Å²) in [6.45, 7) is 5.87. The molecule has 6 rings (SSSR count). The van der Waals surface area contributed by atoms with Crippen molar-refractivity contribution in [2.24, 2.45) is 17.4 Å². The smallest absolute Gasteiger partial charge is 0.254 e. The Labute approximate surface area is 337 Å². The SMILES string of the molecule is CNC(=O)CCC(C=O)c1ccc(N2CCC(CCN3CCC(N(C)C(=O)C4(OC5CC5)CCN(C(/C=C(\N)c5ccccc5O)=C/N)CC4)CC3)CC2)cc1F. The molecule has 2 aromatic rings. The number of nitrogens with zero attached hydrogens (tertiary/aromatic N) is 4. The molecular formula is C44H62FN7O5. The number of phenolic OH excluding ortho intramolecular Hbond substituents is 1. The second kappa shape index (κ2) is 19.2. The van der Waals surface area contributed by atoms with Gasteiger partial charge in [-0.05, 0) is 99.7 Å². The lowest BCUT2D eigenvalue weighted by Crippen LogP contribution is -2.58. The van der Waals surface area contributed by atoms with Crippen LogP contribution in [0.15, 0.2) is 60.4 Å². The van der Waals surface area contributed by atoms with Crippen LogP contribution >= 0.6 is 0 Å². The van der Waals surface area contributed by atoms with Gasteiger partial charge in [-0.3, -0.25) is 9.59 Å². The van der Waals surface area contributed by atoms with E-state index < -0.39 is 17.3 Å². The highest BCUT2D eigenvalue weighted by Gasteiger charge is 2.48. The number of likely N-dealkylation sites (tertiary alicyclic amines) is 2. The first kappa shape index (κ1) is 42.0. The number of carbonyl (C=O) groups is 3. The Kier molecular flexibility index (Phi) is 14.2. The maximum absolute atomic E-state index is 15.1. The van der Waals surface area contributed by atoms with Crippen LogP contribution in [0.2, 0.25) is 0 Å². The summed E-state index contributed by atoms with van der Waals surface area (Å²) in [5.74, 6) is -0.406. The first-order valence-corrected chi connectivity index (χ1v) is 20.8. The zero-order valence-corrected chi connectivity index (χ0v) is 33.7. The molecule has 4 fully saturated rings. The summed E-state index contributed by atoms with van der Waals surface area (Å²) >= 11 is 0. The number of aromatic hydroxyl groups is 1. The van der Waals surface area contributed by atoms with Crippen molar-refractivity contribution in [3.8, 4) is 5.75 Å². The Hall–Kier alpha value is -4.62. The number of halogens is 1. The van der Waals surface area contributed by atoms with E-state index in [1.165, 1.54) is 12.3 Å². The van der Waals surface area contributed by atoms with Crippen molar-refractivity contribution in [1.82, 2.24) is 20.0 Å². The maximum atomic E-state index is 15.1. The fourth-order valence-corrected chi connectivity index (χ4v) is 8.80. The van der Waals surface area contributed by atoms with Crippen LogP contribution in [0.3, 0.4) is 0 Å². The molecule has 310 valence electrons. The molecule has 1 unspecified atom stereocenters. The van der Waals surface area contributed by atoms with E-state index in [1.807, 2.05) is 24.1 Å². The Morgan fingerprint density at radius 3 is 2.35 bits per heavy atom. The fourth-order valence-electron chi connectivity index (χ4n) is 8.80. The molecule has 0 bridgehead atoms. The van der Waals surface area contributed by atoms with Crippen LogP contribution in [0.25, 0.3) is 5.70 Å². The van der Waals surface area contributed by atoms with Crippen molar-refractivity contribution in [2.75, 3.05) is 64.8 Å². The van der Waals surface area contributed by atoms with Crippen LogP contribution in [0.4, 0.5) is 10.1 Å². The Bertz CT molecular complexity index is 1760. The van der Waals surface area contributed by atoms with Gasteiger partial charge in [0, 0.05) is 108 Å². The molecule has 2 aromatic carbocycles. The first-order valence-electron chi connectivity index (χ1n) is 20.8. The number of para-hydroxylation sites is 1. The molecule has 57 heavy (non-hydrogen) atoms. The van der Waals surface area contributed by atoms with Gasteiger partial charge in [0.25, 0.3) is 5.91 Å². The fraction of sp³-hybridized carbons (Fsp3) is 0.568. The summed E-state index contributed by atoms with van der Waals surface area (Å²) in [6, 6.07) is 12.2. The minimum Gasteiger partial charge on any atom is -0.507 e. The number of likely N-dealkylation sites (N-methyl/N-ethyl adjacent to an activating group) is 1. The lowest BCUT2D eigenvalue weighted by molar-refractivity contribution is -0.169. The zero-order valence-electron chi connectivity index (χ0n) is 33.7. The Morgan fingerprint density at radius 1 is 1.04 bits per heavy atom. The van der Waals surface area contributed by atoms with Crippen LogP contribution < -0.4 is 21.7 Å². The quantitative estimate of drug-likeness (QED) is 0.139. The summed E-state index contributed by atoms with van der Waals surface area (Å²) in [4.78, 5) is 46.5. The van der Waals surface area contributed by atoms with E-state index in [4.69, 9.17) is 16.2 Å². The van der Waals surface area contributed by atoms with Gasteiger partial charge in [-0.2, -0.15) is 0 Å². The molecule has 3 saturated heterocycles. The molecule has 0 spiro atoms. The van der Waals surface area contributed by atoms with Gasteiger partial charge < -0.3 is 51.0 Å². The number of amides is 2. The number of hydrogen-bond acceptors (Lipinski definition) is 10. The normalized spacial score (nSPS) is 20.6. The zero-order chi connectivity index (χ0) is 40.5. The molecule has 6 N–H and O–H groups in total. The molecule has 1 atom stereocenters. The third kappa shape index (κ3) is 10.5. The number of allylic oxidation sites excluding steroid dienone is 1. The van der Waals surface area contributed by atoms with E-state index in [-0.39, 0.29) is 42.6 Å². The molecule has 3 aliphatic heterocycles. The van der Waals surface area contributed by atoms with Gasteiger partial charge in [-0.1, -0.05) is 18.2 Å². The van der Waals surface area contributed by atoms with Crippen LogP contribution in [0.1, 0.15) is 87.7 Å². The van der Waals surface area contributed by atoms with E-state index in [9.17, 15) is 19.5 Å². The number of nitrogens with one attached hydrogen (secondary N) is 1. The molecule has 12 nitrogen and oxygen atoms in total. The molecule has 0 radical (unpaired) electrons. The first-order chi connectivity index (χ1) is 27.5. The highest BCUT2D eigenvalue weighted by molar-refractivity contribution is 5.85. The summed E-state index contributed by atoms with van der Waals surface area (Å²) in [7, 11) is 3.50. The van der Waals surface area contributed by atoms with Crippen molar-refractivity contribution in [2.45, 2.75) is 94.3 Å². The predicted molar refractivity (Wildman–Crippen MR) is 220 cm³/mol. The molecule has 1 saturated carbocycles. The highest BCUT2D eigenvalue weighted by Crippen LogP contribution is 2.39. The molecule has 2 amide bonds. The summed E-state index contributed by atoms with van der Waals surface area (Å²) in [6.07, 6.45) is 12.8. The van der Waals surface area contributed by atoms with Gasteiger partial charge in [-0.15, -0.1) is 0 Å². The number of hydrogen-bond donors (Lipinski definition) is 4. The van der Waals surface area contributed by atoms with Crippen LogP contribution in [0, 0.1) is 11.7 Å². The molecule has 3 heterocycles. The Morgan fingerprint density at radius 2 is 1.74 bits per heavy atom. The number of benzene rings is 2. The molecule has 1 aliphatic carbocycles. The van der Waals surface area contributed by atoms with E-state index in [0.717, 1.165) is 95.3 Å². The van der Waals surface area contributed by atoms with Crippen molar-refractivity contribution >= 4 is 29.5 Å². The van der Waals surface area contributed by atoms with Gasteiger partial charge in [-0.25, -0.2) is 4.39 Å². The van der Waals surface area contributed by atoms with Gasteiger partial charge in [0.15, 0.2) is 5.60 Å². The van der Waals surface area contributed by atoms with E-state index >= 15 is 4.39 Å². The maximum Gasteiger partial charge on any atom is 0.254 e. The molecule has 4 aliphatic rings. The number of ether oxygens (including phenoxy) is 1. The number of carbonyl (C=O) groups excluding carboxylic acids is 3. The Balaban J connectivity index is 0.948. The van der Waals surface area contributed by atoms with Crippen LogP contribution in [-0.2, 0) is 19.1 Å². The average Bonchev–Trinajstić information content (AvgIpc) is 4.06. The van der Waals surface area contributed by atoms with Crippen LogP contribution in [0.5, 0.6) is 5.75 Å². The van der Waals surface area contributed by atoms with Gasteiger partial charge in [0.05, 0.1) is 11.8 Å². The average molecular weight is 788 g/mol. The highest BCUT2D eigenvalue weighted by atomic mass is 19.1. The van der Waals surface area contributed by atoms with E-state index in [2.05, 4.69) is 20.0 Å². The topological polar surface area (TPSA) is 158 Å². The summed E-state index contributed by atoms with van der Waals surface area (Å²) in [5, 5.41) is 12.8. The van der Waals surface area contributed by atoms with Gasteiger partial charge in [0.2, 0.25) is 5.91 Å². The van der Waals surface area contributed by atoms with Gasteiger partial charge >= 0.3 is 0 Å². The summed E-state index contributed by atoms with van der Waals surface area (Å²) < 4.78 is 21.7. The van der Waals surface area contributed by atoms with E-state index in [0.29, 0.717) is 48.7 Å². The second-order valence-electron chi connectivity index (χ2n) is 16.4. The second-order valence-corrected chi connectivity index (χ2v) is 16.4. The lowest BCUT2D eigenvalue weighted by Gasteiger charge is -2.45. The molecular weight excluding hydrogens is 726 g/mol. The summed E-state index contributed by atoms with van der Waals surface area (Å²) in [5.41, 5.74) is 14.5. The predicted octanol–water partition coefficient (Wildman–Crippen LogP) is 4.68. The standard InChI is InChI=1S/C44H62FN7O5/c1-48-42(55)12-7-32(30-53)37-11-8-34(27-39(37)45)51-23-14-31(15-24-51)13-20-50-21-16-33(17-22-50)49(2)43(56)44(57-36-9-10-36)18-25-52(26-19-44)35(29-46)28-40(47)38-5-3-4-6-41(38)54/h3-6,8,11,27-33,36,54H,7,9-10,12-26,46-47H2,1-2H3,(H,48,55)/b35-29+,40-28-. The van der Waals surface area contributed by atoms with Crippen molar-refractivity contribution < 1.29 is 28.6 Å². The molecule has 13 heteroatoms. The van der Waals surface area contributed by atoms with Crippen molar-refractivity contribution in [3.63, 3.8) is 0 Å². The number of piperidine rings is 3. The van der Waals surface area contributed by atoms with Crippen molar-refractivity contribution in [3.05, 3.63) is 77.4 Å². The third-order valence-corrected chi connectivity index (χ3v) is 12.7. The van der Waals surface area contributed by atoms with Crippen LogP contribution in [-0.4, -0.2) is 116 Å². The third-order valence-electron chi connectivity index (χ3n) is 12.7. The minimum atomic E-state index is -0.857. The number of phenols is 1. The number of anilines is 1. The molecule has 0 aromatic heterocycles. The number of rotatable bonds is 16. The largest absolute Gasteiger partial charge is 0.507 e. The van der Waals surface area contributed by atoms with E-state index in [1.54, 1.807) is 37.4 Å². The van der Waals surface area contributed by atoms with Gasteiger partial charge in [0.1, 0.15) is 17.9 Å². The number of aldehydes is 1. The van der Waals surface area contributed by atoms with Crippen molar-refractivity contribution in [1.29, 1.82) is 0 Å². The monoisotopic (exact) mass is 787 g/mol. The lowest BCUT2D eigenvalue weighted by atomic mass is 9.87. The minimum absolute atomic E-state index is 0.0842. The number of nitrogens with two attached hydrogens (primary N) is 2.